The summed E-state index contributed by atoms with van der Waals surface area (Å²) in [6.45, 7) is 9.59. The highest BCUT2D eigenvalue weighted by molar-refractivity contribution is 7.86. The van der Waals surface area contributed by atoms with Gasteiger partial charge >= 0.3 is 10.1 Å². The molecule has 0 aromatic heterocycles. The highest BCUT2D eigenvalue weighted by Crippen LogP contribution is 2.29. The molecule has 6 nitrogen and oxygen atoms in total. The van der Waals surface area contributed by atoms with Crippen molar-refractivity contribution in [3.05, 3.63) is 59.4 Å². The molecule has 0 aliphatic carbocycles. The van der Waals surface area contributed by atoms with Crippen LogP contribution in [0.4, 0.5) is 10.1 Å². The molecule has 0 spiro atoms. The van der Waals surface area contributed by atoms with Crippen LogP contribution in [0.1, 0.15) is 38.8 Å². The second-order valence-electron chi connectivity index (χ2n) is 7.73. The molecule has 0 aliphatic rings. The van der Waals surface area contributed by atoms with Crippen molar-refractivity contribution in [2.24, 2.45) is 5.92 Å². The molecule has 2 aromatic rings. The normalized spacial score (nSPS) is 11.5. The molecule has 8 heteroatoms. The van der Waals surface area contributed by atoms with E-state index in [1.807, 2.05) is 19.9 Å². The lowest BCUT2D eigenvalue weighted by Gasteiger charge is -2.27. The summed E-state index contributed by atoms with van der Waals surface area (Å²) in [5.41, 5.74) is 2.20. The first-order valence-electron chi connectivity index (χ1n) is 10.3. The molecule has 0 saturated carbocycles. The van der Waals surface area contributed by atoms with Crippen LogP contribution in [-0.4, -0.2) is 38.6 Å². The number of benzene rings is 2. The zero-order valence-corrected chi connectivity index (χ0v) is 19.6. The maximum Gasteiger partial charge on any atom is 0.306 e. The number of anilines is 1. The third kappa shape index (κ3) is 7.24. The summed E-state index contributed by atoms with van der Waals surface area (Å²) in [6, 6.07) is 11.3. The van der Waals surface area contributed by atoms with Crippen LogP contribution in [0.3, 0.4) is 0 Å². The molecule has 0 atom stereocenters. The average Bonchev–Trinajstić information content (AvgIpc) is 2.69. The Morgan fingerprint density at radius 3 is 2.16 bits per heavy atom. The Labute approximate surface area is 184 Å². The first-order chi connectivity index (χ1) is 14.5. The Kier molecular flexibility index (Phi) is 8.44. The largest absolute Gasteiger partial charge is 0.382 e. The molecule has 0 radical (unpaired) electrons. The predicted molar refractivity (Wildman–Crippen MR) is 121 cm³/mol. The van der Waals surface area contributed by atoms with Gasteiger partial charge in [-0.3, -0.25) is 4.79 Å². The molecule has 170 valence electrons. The Hall–Kier alpha value is -2.61. The fourth-order valence-electron chi connectivity index (χ4n) is 3.29. The van der Waals surface area contributed by atoms with E-state index in [4.69, 9.17) is 4.18 Å². The van der Waals surface area contributed by atoms with Crippen molar-refractivity contribution in [2.75, 3.05) is 24.2 Å². The molecule has 2 aromatic carbocycles. The Balaban J connectivity index is 2.43. The number of halogens is 1. The van der Waals surface area contributed by atoms with Crippen molar-refractivity contribution in [1.82, 2.24) is 4.90 Å². The molecule has 0 aliphatic heterocycles. The Morgan fingerprint density at radius 2 is 1.65 bits per heavy atom. The molecular formula is C23H31FN2O4S. The van der Waals surface area contributed by atoms with Crippen LogP contribution in [0.5, 0.6) is 5.75 Å². The Morgan fingerprint density at radius 1 is 1.03 bits per heavy atom. The molecule has 0 heterocycles. The highest BCUT2D eigenvalue weighted by atomic mass is 32.2. The summed E-state index contributed by atoms with van der Waals surface area (Å²) in [5, 5.41) is 0. The van der Waals surface area contributed by atoms with Crippen LogP contribution in [-0.2, 0) is 28.0 Å². The molecule has 0 N–H and O–H groups in total. The van der Waals surface area contributed by atoms with Crippen molar-refractivity contribution in [3.8, 4) is 5.75 Å². The van der Waals surface area contributed by atoms with Gasteiger partial charge in [-0.15, -0.1) is 0 Å². The predicted octanol–water partition coefficient (Wildman–Crippen LogP) is 4.20. The second-order valence-corrected chi connectivity index (χ2v) is 9.30. The third-order valence-corrected chi connectivity index (χ3v) is 5.36. The number of carbonyl (C=O) groups is 1. The van der Waals surface area contributed by atoms with E-state index < -0.39 is 10.1 Å². The van der Waals surface area contributed by atoms with E-state index in [0.29, 0.717) is 5.56 Å². The van der Waals surface area contributed by atoms with E-state index >= 15 is 0 Å². The van der Waals surface area contributed by atoms with Gasteiger partial charge in [-0.1, -0.05) is 32.0 Å². The van der Waals surface area contributed by atoms with Crippen molar-refractivity contribution < 1.29 is 21.8 Å². The number of amides is 1. The third-order valence-electron chi connectivity index (χ3n) is 4.87. The summed E-state index contributed by atoms with van der Waals surface area (Å²) in [5.74, 6) is -0.494. The number of hydrogen-bond donors (Lipinski definition) is 0. The lowest BCUT2D eigenvalue weighted by molar-refractivity contribution is -0.135. The van der Waals surface area contributed by atoms with Crippen molar-refractivity contribution in [3.63, 3.8) is 0 Å². The van der Waals surface area contributed by atoms with Gasteiger partial charge in [-0.25, -0.2) is 4.39 Å². The standard InChI is InChI=1S/C23H31FN2O4S/c1-6-25(7-2)21-13-10-19(22(14-21)30-31(5,28)29)16-26(23(27)17(3)4)15-18-8-11-20(24)12-9-18/h8-14,17H,6-7,15-16H2,1-5H3. The van der Waals surface area contributed by atoms with Crippen LogP contribution in [0.25, 0.3) is 0 Å². The SMILES string of the molecule is CCN(CC)c1ccc(CN(Cc2ccc(F)cc2)C(=O)C(C)C)c(OS(C)(=O)=O)c1. The fraction of sp³-hybridized carbons (Fsp3) is 0.435. The molecule has 2 rings (SSSR count). The van der Waals surface area contributed by atoms with Gasteiger partial charge in [0.2, 0.25) is 5.91 Å². The molecule has 0 bridgehead atoms. The van der Waals surface area contributed by atoms with Gasteiger partial charge in [0.05, 0.1) is 6.26 Å². The van der Waals surface area contributed by atoms with Crippen molar-refractivity contribution in [2.45, 2.75) is 40.8 Å². The summed E-state index contributed by atoms with van der Waals surface area (Å²) in [7, 11) is -3.76. The first kappa shape index (κ1) is 24.7. The number of nitrogens with zero attached hydrogens (tertiary/aromatic N) is 2. The number of hydrogen-bond acceptors (Lipinski definition) is 5. The van der Waals surface area contributed by atoms with Crippen molar-refractivity contribution >= 4 is 21.7 Å². The second kappa shape index (κ2) is 10.6. The average molecular weight is 451 g/mol. The van der Waals surface area contributed by atoms with Gasteiger partial charge in [0.15, 0.2) is 0 Å². The van der Waals surface area contributed by atoms with Gasteiger partial charge in [-0.2, -0.15) is 8.42 Å². The van der Waals surface area contributed by atoms with Crippen LogP contribution >= 0.6 is 0 Å². The molecule has 0 fully saturated rings. The highest BCUT2D eigenvalue weighted by Gasteiger charge is 2.21. The van der Waals surface area contributed by atoms with Gasteiger partial charge < -0.3 is 14.0 Å². The van der Waals surface area contributed by atoms with Gasteiger partial charge in [0.1, 0.15) is 11.6 Å². The van der Waals surface area contributed by atoms with E-state index in [1.54, 1.807) is 43.0 Å². The van der Waals surface area contributed by atoms with E-state index in [-0.39, 0.29) is 36.5 Å². The minimum Gasteiger partial charge on any atom is -0.382 e. The zero-order valence-electron chi connectivity index (χ0n) is 18.8. The maximum absolute atomic E-state index is 13.3. The van der Waals surface area contributed by atoms with Crippen molar-refractivity contribution in [1.29, 1.82) is 0 Å². The van der Waals surface area contributed by atoms with Crippen LogP contribution in [0.2, 0.25) is 0 Å². The molecule has 31 heavy (non-hydrogen) atoms. The van der Waals surface area contributed by atoms with Crippen LogP contribution in [0.15, 0.2) is 42.5 Å². The zero-order chi connectivity index (χ0) is 23.2. The minimum absolute atomic E-state index is 0.0950. The Bertz CT molecular complexity index is 987. The molecular weight excluding hydrogens is 419 g/mol. The van der Waals surface area contributed by atoms with E-state index in [0.717, 1.165) is 30.6 Å². The lowest BCUT2D eigenvalue weighted by Crippen LogP contribution is -2.33. The quantitative estimate of drug-likeness (QED) is 0.508. The molecule has 1 amide bonds. The van der Waals surface area contributed by atoms with E-state index in [9.17, 15) is 17.6 Å². The summed E-state index contributed by atoms with van der Waals surface area (Å²) in [4.78, 5) is 16.6. The smallest absolute Gasteiger partial charge is 0.306 e. The number of carbonyl (C=O) groups excluding carboxylic acids is 1. The lowest BCUT2D eigenvalue weighted by atomic mass is 10.1. The van der Waals surface area contributed by atoms with Crippen LogP contribution < -0.4 is 9.08 Å². The first-order valence-corrected chi connectivity index (χ1v) is 12.2. The van der Waals surface area contributed by atoms with Gasteiger partial charge in [-0.05, 0) is 37.6 Å². The van der Waals surface area contributed by atoms with Gasteiger partial charge in [0, 0.05) is 49.4 Å². The fourth-order valence-corrected chi connectivity index (χ4v) is 3.77. The molecule has 0 unspecified atom stereocenters. The summed E-state index contributed by atoms with van der Waals surface area (Å²) in [6.07, 6.45) is 0.996. The van der Waals surface area contributed by atoms with E-state index in [2.05, 4.69) is 4.90 Å². The maximum atomic E-state index is 13.3. The van der Waals surface area contributed by atoms with E-state index in [1.165, 1.54) is 12.1 Å². The number of rotatable bonds is 10. The minimum atomic E-state index is -3.76. The van der Waals surface area contributed by atoms with Crippen LogP contribution in [0, 0.1) is 11.7 Å². The summed E-state index contributed by atoms with van der Waals surface area (Å²) >= 11 is 0. The topological polar surface area (TPSA) is 66.9 Å². The summed E-state index contributed by atoms with van der Waals surface area (Å²) < 4.78 is 42.3. The molecule has 0 saturated heterocycles. The van der Waals surface area contributed by atoms with Gasteiger partial charge in [0.25, 0.3) is 0 Å². The monoisotopic (exact) mass is 450 g/mol.